The van der Waals surface area contributed by atoms with Crippen molar-refractivity contribution in [1.82, 2.24) is 9.80 Å². The minimum absolute atomic E-state index is 0.154. The molecule has 2 heterocycles. The molecule has 0 fully saturated rings. The van der Waals surface area contributed by atoms with Gasteiger partial charge in [0.05, 0.1) is 0 Å². The highest BCUT2D eigenvalue weighted by Gasteiger charge is 2.19. The number of hydrogen-bond donors (Lipinski definition) is 2. The van der Waals surface area contributed by atoms with Gasteiger partial charge in [-0.1, -0.05) is 37.8 Å². The molecule has 0 saturated heterocycles. The number of aliphatic imine (C=N–C) groups is 1. The largest absolute Gasteiger partial charge is 0.399 e. The Morgan fingerprint density at radius 1 is 1.14 bits per heavy atom. The number of hydrogen-bond acceptors (Lipinski definition) is 5. The summed E-state index contributed by atoms with van der Waals surface area (Å²) in [4.78, 5) is 9.07. The lowest BCUT2D eigenvalue weighted by Crippen LogP contribution is -2.26. The van der Waals surface area contributed by atoms with Crippen LogP contribution in [0.3, 0.4) is 0 Å². The Labute approximate surface area is 215 Å². The third-order valence-electron chi connectivity index (χ3n) is 6.85. The number of nitrogens with two attached hydrogens (primary N) is 1. The Kier molecular flexibility index (Phi) is 7.91. The second kappa shape index (κ2) is 11.3. The molecule has 2 aromatic rings. The molecule has 0 aromatic heterocycles. The van der Waals surface area contributed by atoms with E-state index >= 15 is 0 Å². The molecule has 2 aliphatic heterocycles. The highest BCUT2D eigenvalue weighted by molar-refractivity contribution is 5.75. The minimum atomic E-state index is 0.154. The zero-order valence-electron chi connectivity index (χ0n) is 21.8. The van der Waals surface area contributed by atoms with Gasteiger partial charge in [0.2, 0.25) is 0 Å². The van der Waals surface area contributed by atoms with Gasteiger partial charge in [-0.15, -0.1) is 0 Å². The molecule has 0 spiro atoms. The van der Waals surface area contributed by atoms with E-state index in [1.807, 2.05) is 24.4 Å². The maximum atomic E-state index is 6.09. The van der Waals surface area contributed by atoms with Crippen LogP contribution in [0.25, 0.3) is 0 Å². The molecule has 2 aliphatic rings. The first-order valence-corrected chi connectivity index (χ1v) is 12.5. The molecule has 0 radical (unpaired) electrons. The SMILES string of the molecule is C=C(\N=C/C=C(C)/C(=C1\C=CC=CN1C)C(C)c1cccc(N)c1)Nc1ccc2c(c1)CN(C)CC2. The lowest BCUT2D eigenvalue weighted by Gasteiger charge is -2.27. The van der Waals surface area contributed by atoms with Crippen molar-refractivity contribution >= 4 is 17.6 Å². The van der Waals surface area contributed by atoms with Crippen molar-refractivity contribution in [3.05, 3.63) is 119 Å². The van der Waals surface area contributed by atoms with E-state index in [1.54, 1.807) is 0 Å². The summed E-state index contributed by atoms with van der Waals surface area (Å²) in [6, 6.07) is 14.7. The molecule has 0 saturated carbocycles. The molecule has 36 heavy (non-hydrogen) atoms. The van der Waals surface area contributed by atoms with E-state index in [4.69, 9.17) is 5.73 Å². The summed E-state index contributed by atoms with van der Waals surface area (Å²) in [5, 5.41) is 3.34. The van der Waals surface area contributed by atoms with Crippen LogP contribution in [0.2, 0.25) is 0 Å². The van der Waals surface area contributed by atoms with Crippen LogP contribution >= 0.6 is 0 Å². The molecule has 186 valence electrons. The Bertz CT molecular complexity index is 1280. The van der Waals surface area contributed by atoms with Gasteiger partial charge >= 0.3 is 0 Å². The van der Waals surface area contributed by atoms with E-state index in [0.717, 1.165) is 42.2 Å². The van der Waals surface area contributed by atoms with Gasteiger partial charge in [0, 0.05) is 55.5 Å². The van der Waals surface area contributed by atoms with Crippen molar-refractivity contribution in [2.75, 3.05) is 31.7 Å². The van der Waals surface area contributed by atoms with Gasteiger partial charge in [0.25, 0.3) is 0 Å². The number of nitrogens with zero attached hydrogens (tertiary/aromatic N) is 3. The van der Waals surface area contributed by atoms with E-state index in [2.05, 4.69) is 109 Å². The Hall–Kier alpha value is -3.83. The van der Waals surface area contributed by atoms with Crippen molar-refractivity contribution in [3.63, 3.8) is 0 Å². The summed E-state index contributed by atoms with van der Waals surface area (Å²) in [7, 11) is 4.24. The third kappa shape index (κ3) is 6.04. The lowest BCUT2D eigenvalue weighted by molar-refractivity contribution is 0.313. The van der Waals surface area contributed by atoms with Crippen LogP contribution in [0.15, 0.2) is 107 Å². The van der Waals surface area contributed by atoms with Gasteiger partial charge < -0.3 is 20.9 Å². The maximum absolute atomic E-state index is 6.09. The van der Waals surface area contributed by atoms with E-state index in [0.29, 0.717) is 5.82 Å². The summed E-state index contributed by atoms with van der Waals surface area (Å²) in [6.07, 6.45) is 13.3. The normalized spacial score (nSPS) is 18.3. The molecule has 0 bridgehead atoms. The molecule has 3 N–H and O–H groups in total. The molecule has 2 aromatic carbocycles. The molecule has 0 aliphatic carbocycles. The molecular weight excluding hydrogens is 442 g/mol. The number of likely N-dealkylation sites (N-methyl/N-ethyl adjacent to an activating group) is 2. The highest BCUT2D eigenvalue weighted by Crippen LogP contribution is 2.34. The minimum Gasteiger partial charge on any atom is -0.399 e. The number of fused-ring (bicyclic) bond motifs is 1. The predicted molar refractivity (Wildman–Crippen MR) is 154 cm³/mol. The summed E-state index contributed by atoms with van der Waals surface area (Å²) in [5.74, 6) is 0.764. The first-order chi connectivity index (χ1) is 17.3. The monoisotopic (exact) mass is 479 g/mol. The van der Waals surface area contributed by atoms with Gasteiger partial charge in [-0.2, -0.15) is 0 Å². The number of nitrogen functional groups attached to an aromatic ring is 1. The predicted octanol–water partition coefficient (Wildman–Crippen LogP) is 6.23. The van der Waals surface area contributed by atoms with Crippen LogP contribution in [0, 0.1) is 0 Å². The summed E-state index contributed by atoms with van der Waals surface area (Å²) >= 11 is 0. The zero-order valence-corrected chi connectivity index (χ0v) is 21.8. The molecule has 0 amide bonds. The van der Waals surface area contributed by atoms with Crippen molar-refractivity contribution < 1.29 is 0 Å². The molecule has 1 unspecified atom stereocenters. The van der Waals surface area contributed by atoms with Gasteiger partial charge in [-0.25, -0.2) is 4.99 Å². The van der Waals surface area contributed by atoms with Crippen LogP contribution in [0.1, 0.15) is 36.5 Å². The fourth-order valence-electron chi connectivity index (χ4n) is 4.87. The van der Waals surface area contributed by atoms with Gasteiger partial charge in [0.1, 0.15) is 5.82 Å². The van der Waals surface area contributed by atoms with Gasteiger partial charge in [-0.3, -0.25) is 0 Å². The fourth-order valence-corrected chi connectivity index (χ4v) is 4.87. The number of rotatable bonds is 7. The number of benzene rings is 2. The smallest absolute Gasteiger partial charge is 0.122 e. The summed E-state index contributed by atoms with van der Waals surface area (Å²) in [5.41, 5.74) is 15.4. The highest BCUT2D eigenvalue weighted by atomic mass is 15.1. The zero-order chi connectivity index (χ0) is 25.7. The molecule has 1 atom stereocenters. The number of anilines is 2. The number of allylic oxidation sites excluding steroid dienone is 6. The van der Waals surface area contributed by atoms with Crippen LogP contribution < -0.4 is 11.1 Å². The topological polar surface area (TPSA) is 56.9 Å². The molecule has 5 heteroatoms. The third-order valence-corrected chi connectivity index (χ3v) is 6.85. The van der Waals surface area contributed by atoms with E-state index in [1.165, 1.54) is 22.3 Å². The average molecular weight is 480 g/mol. The van der Waals surface area contributed by atoms with E-state index in [9.17, 15) is 0 Å². The van der Waals surface area contributed by atoms with Crippen molar-refractivity contribution in [3.8, 4) is 0 Å². The first kappa shape index (κ1) is 25.3. The Morgan fingerprint density at radius 2 is 1.97 bits per heavy atom. The van der Waals surface area contributed by atoms with Crippen molar-refractivity contribution in [2.45, 2.75) is 32.7 Å². The van der Waals surface area contributed by atoms with Crippen LogP contribution in [0.4, 0.5) is 11.4 Å². The quantitative estimate of drug-likeness (QED) is 0.365. The van der Waals surface area contributed by atoms with Crippen LogP contribution in [-0.4, -0.2) is 36.7 Å². The average Bonchev–Trinajstić information content (AvgIpc) is 2.85. The first-order valence-electron chi connectivity index (χ1n) is 12.5. The lowest BCUT2D eigenvalue weighted by atomic mass is 9.86. The standard InChI is InChI=1S/C31H37N5/c1-22(14-16-33-24(3)34-29-13-12-25-15-18-35(4)21-27(25)20-29)31(30-11-6-7-17-36(30)5)23(2)26-9-8-10-28(32)19-26/h6-14,16-17,19-20,23,34H,3,15,18,21,32H2,1-2,4-5H3/b22-14+,31-30-,33-16-. The molecule has 4 rings (SSSR count). The summed E-state index contributed by atoms with van der Waals surface area (Å²) < 4.78 is 0. The number of nitrogens with one attached hydrogen (secondary N) is 1. The van der Waals surface area contributed by atoms with Crippen LogP contribution in [-0.2, 0) is 13.0 Å². The van der Waals surface area contributed by atoms with Gasteiger partial charge in [-0.05, 0) is 90.7 Å². The second-order valence-corrected chi connectivity index (χ2v) is 9.67. The van der Waals surface area contributed by atoms with E-state index < -0.39 is 0 Å². The fraction of sp³-hybridized carbons (Fsp3) is 0.258. The summed E-state index contributed by atoms with van der Waals surface area (Å²) in [6.45, 7) is 10.5. The Balaban J connectivity index is 1.53. The van der Waals surface area contributed by atoms with Crippen LogP contribution in [0.5, 0.6) is 0 Å². The van der Waals surface area contributed by atoms with Crippen molar-refractivity contribution in [2.24, 2.45) is 4.99 Å². The second-order valence-electron chi connectivity index (χ2n) is 9.67. The Morgan fingerprint density at radius 3 is 2.75 bits per heavy atom. The van der Waals surface area contributed by atoms with Gasteiger partial charge in [0.15, 0.2) is 0 Å². The maximum Gasteiger partial charge on any atom is 0.122 e. The van der Waals surface area contributed by atoms with E-state index in [-0.39, 0.29) is 5.92 Å². The molecular formula is C31H37N5. The van der Waals surface area contributed by atoms with Crippen molar-refractivity contribution in [1.29, 1.82) is 0 Å². The molecule has 5 nitrogen and oxygen atoms in total.